The van der Waals surface area contributed by atoms with Gasteiger partial charge in [-0.05, 0) is 41.0 Å². The Morgan fingerprint density at radius 1 is 1.14 bits per heavy atom. The van der Waals surface area contributed by atoms with Crippen LogP contribution in [0.5, 0.6) is 5.75 Å². The molecule has 0 spiro atoms. The molecule has 2 amide bonds. The molecule has 3 N–H and O–H groups in total. The molecule has 8 heteroatoms. The molecule has 0 saturated heterocycles. The van der Waals surface area contributed by atoms with Gasteiger partial charge in [0.2, 0.25) is 11.8 Å². The first-order valence-corrected chi connectivity index (χ1v) is 8.71. The Kier molecular flexibility index (Phi) is 5.88. The Morgan fingerprint density at radius 2 is 1.96 bits per heavy atom. The van der Waals surface area contributed by atoms with Crippen molar-refractivity contribution >= 4 is 17.8 Å². The number of nitrogens with one attached hydrogen (secondary N) is 2. The third-order valence-corrected chi connectivity index (χ3v) is 4.30. The average molecular weight is 386 g/mol. The van der Waals surface area contributed by atoms with Crippen molar-refractivity contribution in [3.05, 3.63) is 65.0 Å². The van der Waals surface area contributed by atoms with Crippen LogP contribution in [0.3, 0.4) is 0 Å². The van der Waals surface area contributed by atoms with Crippen LogP contribution in [0.4, 0.5) is 4.39 Å². The number of ether oxygens (including phenoxy) is 1. The number of halogens is 1. The van der Waals surface area contributed by atoms with E-state index in [2.05, 4.69) is 10.6 Å². The van der Waals surface area contributed by atoms with Gasteiger partial charge >= 0.3 is 5.97 Å². The average Bonchev–Trinajstić information content (AvgIpc) is 3.12. The lowest BCUT2D eigenvalue weighted by Crippen LogP contribution is -2.41. The van der Waals surface area contributed by atoms with Crippen LogP contribution in [0.2, 0.25) is 0 Å². The lowest BCUT2D eigenvalue weighted by Gasteiger charge is -2.16. The van der Waals surface area contributed by atoms with E-state index in [4.69, 9.17) is 4.74 Å². The van der Waals surface area contributed by atoms with Crippen molar-refractivity contribution in [1.82, 2.24) is 10.6 Å². The summed E-state index contributed by atoms with van der Waals surface area (Å²) in [5.41, 5.74) is 1.79. The zero-order valence-corrected chi connectivity index (χ0v) is 14.9. The SMILES string of the molecule is O=C(Cc1cccc(F)c1)NCC(=O)NC(C(=O)O)c1ccc2c(c1)CCO2. The van der Waals surface area contributed by atoms with E-state index in [1.807, 2.05) is 0 Å². The normalized spacial score (nSPS) is 13.2. The summed E-state index contributed by atoms with van der Waals surface area (Å²) in [6.45, 7) is 0.159. The number of benzene rings is 2. The first kappa shape index (κ1) is 19.3. The van der Waals surface area contributed by atoms with Gasteiger partial charge in [-0.2, -0.15) is 0 Å². The second-order valence-electron chi connectivity index (χ2n) is 6.39. The van der Waals surface area contributed by atoms with Crippen LogP contribution in [0.25, 0.3) is 0 Å². The third-order valence-electron chi connectivity index (χ3n) is 4.30. The number of aliphatic carboxylic acids is 1. The number of rotatable bonds is 7. The molecule has 2 aromatic carbocycles. The first-order chi connectivity index (χ1) is 13.4. The van der Waals surface area contributed by atoms with Gasteiger partial charge in [0.1, 0.15) is 11.6 Å². The Morgan fingerprint density at radius 3 is 2.71 bits per heavy atom. The summed E-state index contributed by atoms with van der Waals surface area (Å²) in [7, 11) is 0. The summed E-state index contributed by atoms with van der Waals surface area (Å²) in [6.07, 6.45) is 0.595. The number of carbonyl (C=O) groups is 3. The van der Waals surface area contributed by atoms with Gasteiger partial charge in [0, 0.05) is 6.42 Å². The Hall–Kier alpha value is -3.42. The van der Waals surface area contributed by atoms with Crippen LogP contribution >= 0.6 is 0 Å². The quantitative estimate of drug-likeness (QED) is 0.667. The summed E-state index contributed by atoms with van der Waals surface area (Å²) in [4.78, 5) is 35.6. The van der Waals surface area contributed by atoms with Crippen molar-refractivity contribution in [2.24, 2.45) is 0 Å². The molecule has 28 heavy (non-hydrogen) atoms. The molecular formula is C20H19FN2O5. The maximum atomic E-state index is 13.1. The maximum Gasteiger partial charge on any atom is 0.330 e. The molecule has 3 rings (SSSR count). The summed E-state index contributed by atoms with van der Waals surface area (Å²) in [6, 6.07) is 9.32. The summed E-state index contributed by atoms with van der Waals surface area (Å²) in [5, 5.41) is 14.3. The van der Waals surface area contributed by atoms with E-state index < -0.39 is 29.6 Å². The van der Waals surface area contributed by atoms with Crippen molar-refractivity contribution in [3.8, 4) is 5.75 Å². The summed E-state index contributed by atoms with van der Waals surface area (Å²) in [5.74, 6) is -2.06. The minimum absolute atomic E-state index is 0.0851. The van der Waals surface area contributed by atoms with Crippen molar-refractivity contribution in [2.45, 2.75) is 18.9 Å². The molecule has 2 aromatic rings. The molecule has 7 nitrogen and oxygen atoms in total. The van der Waals surface area contributed by atoms with Crippen LogP contribution in [0.1, 0.15) is 22.7 Å². The van der Waals surface area contributed by atoms with Crippen LogP contribution in [-0.4, -0.2) is 36.0 Å². The summed E-state index contributed by atoms with van der Waals surface area (Å²) < 4.78 is 18.5. The molecule has 146 valence electrons. The fraction of sp³-hybridized carbons (Fsp3) is 0.250. The fourth-order valence-corrected chi connectivity index (χ4v) is 2.96. The zero-order chi connectivity index (χ0) is 20.1. The van der Waals surface area contributed by atoms with Crippen LogP contribution < -0.4 is 15.4 Å². The van der Waals surface area contributed by atoms with Gasteiger partial charge in [-0.3, -0.25) is 9.59 Å². The highest BCUT2D eigenvalue weighted by Crippen LogP contribution is 2.28. The van der Waals surface area contributed by atoms with E-state index in [0.29, 0.717) is 29.9 Å². The minimum atomic E-state index is -1.24. The van der Waals surface area contributed by atoms with Gasteiger partial charge in [0.25, 0.3) is 0 Å². The number of carbonyl (C=O) groups excluding carboxylic acids is 2. The van der Waals surface area contributed by atoms with Crippen LogP contribution in [0.15, 0.2) is 42.5 Å². The molecule has 0 fully saturated rings. The molecule has 0 aromatic heterocycles. The van der Waals surface area contributed by atoms with Gasteiger partial charge in [-0.25, -0.2) is 9.18 Å². The molecule has 1 aliphatic heterocycles. The highest BCUT2D eigenvalue weighted by atomic mass is 19.1. The lowest BCUT2D eigenvalue weighted by atomic mass is 10.0. The van der Waals surface area contributed by atoms with Crippen LogP contribution in [-0.2, 0) is 27.2 Å². The Balaban J connectivity index is 1.56. The molecule has 0 radical (unpaired) electrons. The number of hydrogen-bond donors (Lipinski definition) is 3. The lowest BCUT2D eigenvalue weighted by molar-refractivity contribution is -0.141. The molecule has 0 bridgehead atoms. The molecule has 1 unspecified atom stereocenters. The first-order valence-electron chi connectivity index (χ1n) is 8.71. The number of carboxylic acid groups (broad SMARTS) is 1. The Labute approximate surface area is 160 Å². The number of fused-ring (bicyclic) bond motifs is 1. The van der Waals surface area contributed by atoms with Gasteiger partial charge in [0.15, 0.2) is 6.04 Å². The predicted molar refractivity (Wildman–Crippen MR) is 97.3 cm³/mol. The molecule has 1 atom stereocenters. The van der Waals surface area contributed by atoms with E-state index >= 15 is 0 Å². The standard InChI is InChI=1S/C20H19FN2O5/c21-15-3-1-2-12(8-15)9-17(24)22-11-18(25)23-19(20(26)27)14-4-5-16-13(10-14)6-7-28-16/h1-5,8,10,19H,6-7,9,11H2,(H,22,24)(H,23,25)(H,26,27). The number of carboxylic acids is 1. The fourth-order valence-electron chi connectivity index (χ4n) is 2.96. The van der Waals surface area contributed by atoms with Crippen molar-refractivity contribution in [1.29, 1.82) is 0 Å². The minimum Gasteiger partial charge on any atom is -0.493 e. The molecular weight excluding hydrogens is 367 g/mol. The van der Waals surface area contributed by atoms with Gasteiger partial charge in [-0.1, -0.05) is 18.2 Å². The smallest absolute Gasteiger partial charge is 0.330 e. The zero-order valence-electron chi connectivity index (χ0n) is 14.9. The Bertz CT molecular complexity index is 915. The van der Waals surface area contributed by atoms with E-state index in [1.54, 1.807) is 24.3 Å². The van der Waals surface area contributed by atoms with Gasteiger partial charge in [0.05, 0.1) is 19.6 Å². The van der Waals surface area contributed by atoms with Gasteiger partial charge in [-0.15, -0.1) is 0 Å². The maximum absolute atomic E-state index is 13.1. The number of amides is 2. The molecule has 1 aliphatic rings. The van der Waals surface area contributed by atoms with Gasteiger partial charge < -0.3 is 20.5 Å². The monoisotopic (exact) mass is 386 g/mol. The van der Waals surface area contributed by atoms with E-state index in [-0.39, 0.29) is 13.0 Å². The topological polar surface area (TPSA) is 105 Å². The highest BCUT2D eigenvalue weighted by molar-refractivity contribution is 5.89. The second-order valence-corrected chi connectivity index (χ2v) is 6.39. The largest absolute Gasteiger partial charge is 0.493 e. The van der Waals surface area contributed by atoms with E-state index in [9.17, 15) is 23.9 Å². The molecule has 0 aliphatic carbocycles. The molecule has 0 saturated carbocycles. The predicted octanol–water partition coefficient (Wildman–Crippen LogP) is 1.36. The van der Waals surface area contributed by atoms with Crippen LogP contribution in [0, 0.1) is 5.82 Å². The number of hydrogen-bond acceptors (Lipinski definition) is 4. The van der Waals surface area contributed by atoms with E-state index in [0.717, 1.165) is 5.56 Å². The van der Waals surface area contributed by atoms with Crippen molar-refractivity contribution < 1.29 is 28.6 Å². The highest BCUT2D eigenvalue weighted by Gasteiger charge is 2.24. The van der Waals surface area contributed by atoms with E-state index in [1.165, 1.54) is 18.2 Å². The van der Waals surface area contributed by atoms with Crippen molar-refractivity contribution in [2.75, 3.05) is 13.2 Å². The third kappa shape index (κ3) is 4.85. The van der Waals surface area contributed by atoms with Crippen molar-refractivity contribution in [3.63, 3.8) is 0 Å². The second kappa shape index (κ2) is 8.51. The summed E-state index contributed by atoms with van der Waals surface area (Å²) >= 11 is 0. The molecule has 1 heterocycles.